The van der Waals surface area contributed by atoms with Crippen molar-refractivity contribution in [1.82, 2.24) is 5.32 Å². The second kappa shape index (κ2) is 6.43. The van der Waals surface area contributed by atoms with E-state index < -0.39 is 12.0 Å². The molecule has 0 aliphatic heterocycles. The van der Waals surface area contributed by atoms with E-state index >= 15 is 0 Å². The Bertz CT molecular complexity index is 418. The average molecular weight is 293 g/mol. The van der Waals surface area contributed by atoms with Gasteiger partial charge < -0.3 is 20.3 Å². The fraction of sp³-hybridized carbons (Fsp3) is 0.538. The summed E-state index contributed by atoms with van der Waals surface area (Å²) < 4.78 is 39.8. The molecule has 0 fully saturated rings. The molecule has 0 bridgehead atoms. The molecule has 4 nitrogen and oxygen atoms in total. The molecule has 0 radical (unpaired) electrons. The van der Waals surface area contributed by atoms with Gasteiger partial charge in [0.05, 0.1) is 12.2 Å². The maximum Gasteiger partial charge on any atom is 0.573 e. The highest BCUT2D eigenvalue weighted by Gasteiger charge is 2.31. The molecule has 1 aromatic carbocycles. The van der Waals surface area contributed by atoms with Crippen molar-refractivity contribution in [3.8, 4) is 5.75 Å². The predicted octanol–water partition coefficient (Wildman–Crippen LogP) is 1.98. The first kappa shape index (κ1) is 16.7. The Kier molecular flexibility index (Phi) is 5.38. The van der Waals surface area contributed by atoms with Gasteiger partial charge in [0.25, 0.3) is 0 Å². The van der Waals surface area contributed by atoms with E-state index in [-0.39, 0.29) is 24.9 Å². The van der Waals surface area contributed by atoms with E-state index in [0.717, 1.165) is 5.56 Å². The lowest BCUT2D eigenvalue weighted by atomic mass is 10.1. The molecule has 0 heterocycles. The van der Waals surface area contributed by atoms with Gasteiger partial charge in [-0.1, -0.05) is 12.1 Å². The van der Waals surface area contributed by atoms with Crippen LogP contribution in [0.3, 0.4) is 0 Å². The monoisotopic (exact) mass is 293 g/mol. The van der Waals surface area contributed by atoms with Gasteiger partial charge in [0, 0.05) is 12.6 Å². The van der Waals surface area contributed by atoms with Crippen molar-refractivity contribution in [2.45, 2.75) is 31.9 Å². The largest absolute Gasteiger partial charge is 0.573 e. The molecule has 1 rings (SSSR count). The smallest absolute Gasteiger partial charge is 0.406 e. The number of halogens is 3. The second-order valence-corrected chi connectivity index (χ2v) is 4.87. The molecule has 0 spiro atoms. The molecular formula is C13H18F3NO3. The molecule has 0 aliphatic carbocycles. The minimum Gasteiger partial charge on any atom is -0.406 e. The highest BCUT2D eigenvalue weighted by molar-refractivity contribution is 5.29. The van der Waals surface area contributed by atoms with E-state index in [0.29, 0.717) is 0 Å². The van der Waals surface area contributed by atoms with Crippen LogP contribution in [0, 0.1) is 0 Å². The van der Waals surface area contributed by atoms with E-state index in [1.165, 1.54) is 31.2 Å². The number of hydrogen-bond acceptors (Lipinski definition) is 4. The molecule has 7 heteroatoms. The van der Waals surface area contributed by atoms with Gasteiger partial charge in [0.2, 0.25) is 0 Å². The molecule has 0 saturated carbocycles. The summed E-state index contributed by atoms with van der Waals surface area (Å²) in [6, 6.07) is 5.28. The van der Waals surface area contributed by atoms with E-state index in [9.17, 15) is 18.3 Å². The summed E-state index contributed by atoms with van der Waals surface area (Å²) >= 11 is 0. The van der Waals surface area contributed by atoms with Gasteiger partial charge >= 0.3 is 6.36 Å². The van der Waals surface area contributed by atoms with Crippen LogP contribution in [0.15, 0.2) is 24.3 Å². The molecule has 0 saturated heterocycles. The van der Waals surface area contributed by atoms with E-state index in [4.69, 9.17) is 5.11 Å². The van der Waals surface area contributed by atoms with Crippen molar-refractivity contribution in [2.24, 2.45) is 0 Å². The zero-order valence-electron chi connectivity index (χ0n) is 11.2. The molecule has 0 aromatic heterocycles. The molecule has 20 heavy (non-hydrogen) atoms. The SMILES string of the molecule is CC(NCC(C)(O)CO)c1ccc(OC(F)(F)F)cc1. The number of alkyl halides is 3. The number of hydrogen-bond donors (Lipinski definition) is 3. The maximum atomic E-state index is 12.0. The predicted molar refractivity (Wildman–Crippen MR) is 67.3 cm³/mol. The standard InChI is InChI=1S/C13H18F3NO3/c1-9(17-7-12(2,19)8-18)10-3-5-11(6-4-10)20-13(14,15)16/h3-6,9,17-19H,7-8H2,1-2H3. The number of rotatable bonds is 6. The Morgan fingerprint density at radius 1 is 1.25 bits per heavy atom. The van der Waals surface area contributed by atoms with E-state index in [2.05, 4.69) is 10.1 Å². The summed E-state index contributed by atoms with van der Waals surface area (Å²) in [6.07, 6.45) is -4.70. The molecule has 0 amide bonds. The Balaban J connectivity index is 2.60. The summed E-state index contributed by atoms with van der Waals surface area (Å²) in [6.45, 7) is 3.05. The van der Waals surface area contributed by atoms with Gasteiger partial charge in [-0.25, -0.2) is 0 Å². The molecule has 2 unspecified atom stereocenters. The minimum absolute atomic E-state index is 0.158. The lowest BCUT2D eigenvalue weighted by Gasteiger charge is -2.24. The third-order valence-corrected chi connectivity index (χ3v) is 2.74. The highest BCUT2D eigenvalue weighted by atomic mass is 19.4. The first-order valence-corrected chi connectivity index (χ1v) is 6.05. The van der Waals surface area contributed by atoms with Crippen molar-refractivity contribution >= 4 is 0 Å². The van der Waals surface area contributed by atoms with Gasteiger partial charge in [-0.05, 0) is 31.5 Å². The zero-order valence-corrected chi connectivity index (χ0v) is 11.2. The molecular weight excluding hydrogens is 275 g/mol. The lowest BCUT2D eigenvalue weighted by molar-refractivity contribution is -0.274. The fourth-order valence-corrected chi connectivity index (χ4v) is 1.50. The topological polar surface area (TPSA) is 61.7 Å². The molecule has 0 aliphatic rings. The number of aliphatic hydroxyl groups excluding tert-OH is 1. The van der Waals surface area contributed by atoms with Gasteiger partial charge in [0.15, 0.2) is 0 Å². The van der Waals surface area contributed by atoms with Crippen LogP contribution in [0.1, 0.15) is 25.5 Å². The number of aliphatic hydroxyl groups is 2. The summed E-state index contributed by atoms with van der Waals surface area (Å²) in [4.78, 5) is 0. The Morgan fingerprint density at radius 2 is 1.80 bits per heavy atom. The van der Waals surface area contributed by atoms with Crippen LogP contribution in [-0.2, 0) is 0 Å². The third-order valence-electron chi connectivity index (χ3n) is 2.74. The summed E-state index contributed by atoms with van der Waals surface area (Å²) in [5.74, 6) is -0.282. The van der Waals surface area contributed by atoms with Crippen molar-refractivity contribution < 1.29 is 28.1 Å². The average Bonchev–Trinajstić information content (AvgIpc) is 2.35. The molecule has 1 aromatic rings. The Hall–Kier alpha value is -1.31. The van der Waals surface area contributed by atoms with Crippen molar-refractivity contribution in [3.05, 3.63) is 29.8 Å². The number of nitrogens with one attached hydrogen (secondary N) is 1. The number of ether oxygens (including phenoxy) is 1. The van der Waals surface area contributed by atoms with Crippen LogP contribution in [0.4, 0.5) is 13.2 Å². The van der Waals surface area contributed by atoms with Gasteiger partial charge in [0.1, 0.15) is 5.75 Å². The van der Waals surface area contributed by atoms with E-state index in [1.807, 2.05) is 0 Å². The van der Waals surface area contributed by atoms with Gasteiger partial charge in [-0.2, -0.15) is 0 Å². The van der Waals surface area contributed by atoms with E-state index in [1.54, 1.807) is 6.92 Å². The van der Waals surface area contributed by atoms with Crippen molar-refractivity contribution in [2.75, 3.05) is 13.2 Å². The lowest BCUT2D eigenvalue weighted by Crippen LogP contribution is -2.41. The second-order valence-electron chi connectivity index (χ2n) is 4.87. The molecule has 114 valence electrons. The number of benzene rings is 1. The Labute approximate surface area is 115 Å². The fourth-order valence-electron chi connectivity index (χ4n) is 1.50. The quantitative estimate of drug-likeness (QED) is 0.750. The van der Waals surface area contributed by atoms with Crippen LogP contribution in [0.2, 0.25) is 0 Å². The van der Waals surface area contributed by atoms with Crippen molar-refractivity contribution in [3.63, 3.8) is 0 Å². The summed E-state index contributed by atoms with van der Waals surface area (Å²) in [5.41, 5.74) is -0.499. The van der Waals surface area contributed by atoms with Crippen molar-refractivity contribution in [1.29, 1.82) is 0 Å². The Morgan fingerprint density at radius 3 is 2.25 bits per heavy atom. The van der Waals surface area contributed by atoms with Crippen LogP contribution in [0.25, 0.3) is 0 Å². The normalized spacial score (nSPS) is 16.6. The van der Waals surface area contributed by atoms with Gasteiger partial charge in [-0.15, -0.1) is 13.2 Å². The minimum atomic E-state index is -4.70. The zero-order chi connectivity index (χ0) is 15.4. The van der Waals surface area contributed by atoms with Crippen LogP contribution in [0.5, 0.6) is 5.75 Å². The first-order chi connectivity index (χ1) is 9.13. The van der Waals surface area contributed by atoms with Crippen LogP contribution >= 0.6 is 0 Å². The summed E-state index contributed by atoms with van der Waals surface area (Å²) in [7, 11) is 0. The summed E-state index contributed by atoms with van der Waals surface area (Å²) in [5, 5.41) is 21.5. The maximum absolute atomic E-state index is 12.0. The molecule has 2 atom stereocenters. The van der Waals surface area contributed by atoms with Crippen LogP contribution in [-0.4, -0.2) is 35.3 Å². The van der Waals surface area contributed by atoms with Gasteiger partial charge in [-0.3, -0.25) is 0 Å². The molecule has 3 N–H and O–H groups in total. The highest BCUT2D eigenvalue weighted by Crippen LogP contribution is 2.24. The van der Waals surface area contributed by atoms with Crippen LogP contribution < -0.4 is 10.1 Å². The third kappa shape index (κ3) is 5.77. The first-order valence-electron chi connectivity index (χ1n) is 6.05.